The Balaban J connectivity index is 1.88. The quantitative estimate of drug-likeness (QED) is 0.894. The van der Waals surface area contributed by atoms with E-state index < -0.39 is 0 Å². The normalized spacial score (nSPS) is 22.5. The molecule has 1 aromatic rings. The third-order valence-electron chi connectivity index (χ3n) is 3.18. The number of halogens is 1. The molecule has 0 aromatic carbocycles. The zero-order valence-corrected chi connectivity index (χ0v) is 11.3. The number of hydrogen-bond acceptors (Lipinski definition) is 3. The third kappa shape index (κ3) is 3.20. The number of nitrogens with zero attached hydrogens (tertiary/aromatic N) is 1. The first-order valence-corrected chi connectivity index (χ1v) is 7.14. The van der Waals surface area contributed by atoms with Crippen molar-refractivity contribution in [3.8, 4) is 0 Å². The zero-order valence-electron chi connectivity index (χ0n) is 9.71. The van der Waals surface area contributed by atoms with Crippen molar-refractivity contribution >= 4 is 22.9 Å². The van der Waals surface area contributed by atoms with Crippen molar-refractivity contribution in [3.63, 3.8) is 0 Å². The minimum absolute atomic E-state index is 0.802. The summed E-state index contributed by atoms with van der Waals surface area (Å²) in [6, 6.07) is 2.15. The molecule has 2 nitrogen and oxygen atoms in total. The lowest BCUT2D eigenvalue weighted by molar-refractivity contribution is 0.167. The van der Waals surface area contributed by atoms with E-state index in [1.807, 2.05) is 7.05 Å². The molecule has 0 spiro atoms. The van der Waals surface area contributed by atoms with Crippen LogP contribution >= 0.6 is 22.9 Å². The van der Waals surface area contributed by atoms with E-state index in [1.54, 1.807) is 11.3 Å². The molecule has 1 aromatic heterocycles. The van der Waals surface area contributed by atoms with Crippen molar-refractivity contribution in [3.05, 3.63) is 21.3 Å². The van der Waals surface area contributed by atoms with Crippen LogP contribution in [0, 0.1) is 5.92 Å². The highest BCUT2D eigenvalue weighted by Crippen LogP contribution is 2.26. The molecule has 2 rings (SSSR count). The first-order chi connectivity index (χ1) is 7.79. The highest BCUT2D eigenvalue weighted by molar-refractivity contribution is 7.14. The Kier molecular flexibility index (Phi) is 4.65. The monoisotopic (exact) mass is 258 g/mol. The van der Waals surface area contributed by atoms with E-state index in [-0.39, 0.29) is 0 Å². The lowest BCUT2D eigenvalue weighted by atomic mass is 9.98. The molecule has 1 N–H and O–H groups in total. The molecule has 4 heteroatoms. The topological polar surface area (TPSA) is 15.3 Å². The molecule has 90 valence electrons. The van der Waals surface area contributed by atoms with Crippen LogP contribution in [0.3, 0.4) is 0 Å². The highest BCUT2D eigenvalue weighted by atomic mass is 35.5. The van der Waals surface area contributed by atoms with Crippen LogP contribution in [0.4, 0.5) is 0 Å². The molecular formula is C12H19ClN2S. The second-order valence-corrected chi connectivity index (χ2v) is 6.04. The summed E-state index contributed by atoms with van der Waals surface area (Å²) in [6.45, 7) is 4.57. The Bertz CT molecular complexity index is 325. The Morgan fingerprint density at radius 1 is 1.62 bits per heavy atom. The molecule has 1 unspecified atom stereocenters. The lowest BCUT2D eigenvalue weighted by Crippen LogP contribution is -2.38. The largest absolute Gasteiger partial charge is 0.319 e. The summed E-state index contributed by atoms with van der Waals surface area (Å²) in [5.41, 5.74) is 1.29. The predicted molar refractivity (Wildman–Crippen MR) is 71.3 cm³/mol. The van der Waals surface area contributed by atoms with Gasteiger partial charge in [-0.05, 0) is 55.9 Å². The van der Waals surface area contributed by atoms with Crippen molar-refractivity contribution < 1.29 is 0 Å². The van der Waals surface area contributed by atoms with E-state index in [9.17, 15) is 0 Å². The molecule has 1 fully saturated rings. The lowest BCUT2D eigenvalue weighted by Gasteiger charge is -2.32. The summed E-state index contributed by atoms with van der Waals surface area (Å²) < 4.78 is 0.954. The standard InChI is InChI=1S/C12H19ClN2S/c1-14-7-10-3-2-5-15(8-10)9-11-4-6-16-12(11)13/h4,6,10,14H,2-3,5,7-9H2,1H3. The van der Waals surface area contributed by atoms with E-state index in [2.05, 4.69) is 21.7 Å². The van der Waals surface area contributed by atoms with Crippen LogP contribution < -0.4 is 5.32 Å². The van der Waals surface area contributed by atoms with Gasteiger partial charge < -0.3 is 5.32 Å². The molecule has 0 bridgehead atoms. The van der Waals surface area contributed by atoms with Gasteiger partial charge in [0.15, 0.2) is 0 Å². The number of likely N-dealkylation sites (tertiary alicyclic amines) is 1. The third-order valence-corrected chi connectivity index (χ3v) is 4.43. The Morgan fingerprint density at radius 3 is 3.19 bits per heavy atom. The maximum absolute atomic E-state index is 6.14. The second-order valence-electron chi connectivity index (χ2n) is 4.52. The van der Waals surface area contributed by atoms with Gasteiger partial charge in [0.25, 0.3) is 0 Å². The summed E-state index contributed by atoms with van der Waals surface area (Å²) in [5, 5.41) is 5.35. The first kappa shape index (κ1) is 12.4. The number of piperidine rings is 1. The molecule has 1 saturated heterocycles. The van der Waals surface area contributed by atoms with Crippen molar-refractivity contribution in [2.45, 2.75) is 19.4 Å². The minimum Gasteiger partial charge on any atom is -0.319 e. The van der Waals surface area contributed by atoms with Gasteiger partial charge in [-0.15, -0.1) is 11.3 Å². The Labute approximate surface area is 107 Å². The Hall–Kier alpha value is -0.0900. The van der Waals surface area contributed by atoms with Crippen molar-refractivity contribution in [1.82, 2.24) is 10.2 Å². The molecule has 0 aliphatic carbocycles. The number of thiophene rings is 1. The smallest absolute Gasteiger partial charge is 0.0973 e. The zero-order chi connectivity index (χ0) is 11.4. The van der Waals surface area contributed by atoms with E-state index in [4.69, 9.17) is 11.6 Å². The molecule has 0 saturated carbocycles. The summed E-state index contributed by atoms with van der Waals surface area (Å²) >= 11 is 7.77. The van der Waals surface area contributed by atoms with E-state index in [0.717, 1.165) is 23.3 Å². The van der Waals surface area contributed by atoms with Crippen molar-refractivity contribution in [2.24, 2.45) is 5.92 Å². The minimum atomic E-state index is 0.802. The SMILES string of the molecule is CNCC1CCCN(Cc2ccsc2Cl)C1. The fourth-order valence-corrected chi connectivity index (χ4v) is 3.34. The number of hydrogen-bond donors (Lipinski definition) is 1. The summed E-state index contributed by atoms with van der Waals surface area (Å²) in [5.74, 6) is 0.802. The first-order valence-electron chi connectivity index (χ1n) is 5.88. The van der Waals surface area contributed by atoms with Crippen LogP contribution in [0.1, 0.15) is 18.4 Å². The average Bonchev–Trinajstić information content (AvgIpc) is 2.66. The van der Waals surface area contributed by atoms with E-state index in [0.29, 0.717) is 0 Å². The van der Waals surface area contributed by atoms with Gasteiger partial charge in [0, 0.05) is 13.1 Å². The molecule has 16 heavy (non-hydrogen) atoms. The van der Waals surface area contributed by atoms with Crippen LogP contribution in [0.15, 0.2) is 11.4 Å². The van der Waals surface area contributed by atoms with Crippen LogP contribution in [0.2, 0.25) is 4.34 Å². The van der Waals surface area contributed by atoms with Crippen molar-refractivity contribution in [1.29, 1.82) is 0 Å². The van der Waals surface area contributed by atoms with Crippen LogP contribution in [0.5, 0.6) is 0 Å². The molecule has 0 amide bonds. The molecule has 0 radical (unpaired) electrons. The van der Waals surface area contributed by atoms with Gasteiger partial charge >= 0.3 is 0 Å². The van der Waals surface area contributed by atoms with E-state index >= 15 is 0 Å². The van der Waals surface area contributed by atoms with Gasteiger partial charge in [-0.2, -0.15) is 0 Å². The predicted octanol–water partition coefficient (Wildman–Crippen LogP) is 2.83. The van der Waals surface area contributed by atoms with Gasteiger partial charge in [0.1, 0.15) is 0 Å². The van der Waals surface area contributed by atoms with Crippen molar-refractivity contribution in [2.75, 3.05) is 26.7 Å². The van der Waals surface area contributed by atoms with Gasteiger partial charge in [-0.3, -0.25) is 4.90 Å². The fraction of sp³-hybridized carbons (Fsp3) is 0.667. The molecule has 1 aliphatic rings. The second kappa shape index (κ2) is 6.01. The van der Waals surface area contributed by atoms with Gasteiger partial charge in [-0.25, -0.2) is 0 Å². The Morgan fingerprint density at radius 2 is 2.50 bits per heavy atom. The maximum Gasteiger partial charge on any atom is 0.0973 e. The molecule has 1 atom stereocenters. The van der Waals surface area contributed by atoms with Gasteiger partial charge in [0.05, 0.1) is 4.34 Å². The summed E-state index contributed by atoms with van der Waals surface area (Å²) in [4.78, 5) is 2.53. The van der Waals surface area contributed by atoms with E-state index in [1.165, 1.54) is 31.5 Å². The highest BCUT2D eigenvalue weighted by Gasteiger charge is 2.19. The van der Waals surface area contributed by atoms with Crippen LogP contribution in [-0.2, 0) is 6.54 Å². The fourth-order valence-electron chi connectivity index (χ4n) is 2.42. The molecular weight excluding hydrogens is 240 g/mol. The summed E-state index contributed by atoms with van der Waals surface area (Å²) in [7, 11) is 2.04. The van der Waals surface area contributed by atoms with Gasteiger partial charge in [-0.1, -0.05) is 11.6 Å². The summed E-state index contributed by atoms with van der Waals surface area (Å²) in [6.07, 6.45) is 2.67. The van der Waals surface area contributed by atoms with Gasteiger partial charge in [0.2, 0.25) is 0 Å². The number of nitrogens with one attached hydrogen (secondary N) is 1. The van der Waals surface area contributed by atoms with Crippen LogP contribution in [-0.4, -0.2) is 31.6 Å². The number of rotatable bonds is 4. The average molecular weight is 259 g/mol. The van der Waals surface area contributed by atoms with Crippen LogP contribution in [0.25, 0.3) is 0 Å². The maximum atomic E-state index is 6.14. The molecule has 2 heterocycles. The molecule has 1 aliphatic heterocycles.